The zero-order chi connectivity index (χ0) is 97.6. The number of nitrogens with zero attached hydrogens (tertiary/aromatic N) is 28. The average Bonchev–Trinajstić information content (AvgIpc) is 1.68. The molecule has 0 aliphatic heterocycles. The van der Waals surface area contributed by atoms with Gasteiger partial charge in [0.2, 0.25) is 0 Å². The molecule has 38 heteroatoms. The maximum Gasteiger partial charge on any atom is 0.180 e. The number of furan rings is 1. The minimum absolute atomic E-state index is 0.560. The molecular formula is C103H105N35OS2. The standard InChI is InChI=1S/C18H19N7.C18H17N5O.2C18H17N5S.C17H17N7.C14H18N6/c1-23(2)15-6-4-5-14(9-15)22-17-18-20-11-16(25(18)8-7-19-17)13-10-21-24(3)12-13;3*1-22(2)15-5-3-4-14(10-15)21-17-18-20-11-16(13-6-9-24-12-13)23(18)8-7-19-17;1-23(2)14-5-3-4-13(8-14)22-16-17-19-11-15(12-9-20-21-10-12)24(17)7-6-18-16;1-10(2)6-16-13-14-17-8-12(20(14)5-4-15-13)11-7-18-19(3)9-11/h4-12H,1-3H3,(H,19,22);3*3-12H,1-2H3,(H,19,21);3-11H,1-2H3,(H,18,22)(H,20,21);4-5,7-10H,6H2,1-3H3,(H,15,16). The topological polar surface area (TPSA) is 347 Å². The summed E-state index contributed by atoms with van der Waals surface area (Å²) in [6, 6.07) is 47.1. The van der Waals surface area contributed by atoms with Gasteiger partial charge < -0.3 is 60.8 Å². The first-order valence-corrected chi connectivity index (χ1v) is 47.0. The van der Waals surface area contributed by atoms with Crippen LogP contribution in [0.1, 0.15) is 13.8 Å². The van der Waals surface area contributed by atoms with Crippen molar-refractivity contribution in [3.05, 3.63) is 322 Å². The van der Waals surface area contributed by atoms with Crippen molar-refractivity contribution in [1.29, 1.82) is 0 Å². The van der Waals surface area contributed by atoms with Crippen molar-refractivity contribution in [3.8, 4) is 67.5 Å². The fraction of sp³-hybridized carbons (Fsp3) is 0.155. The van der Waals surface area contributed by atoms with Gasteiger partial charge in [0.15, 0.2) is 68.8 Å². The summed E-state index contributed by atoms with van der Waals surface area (Å²) in [6.45, 7) is 5.21. The van der Waals surface area contributed by atoms with Crippen molar-refractivity contribution in [3.63, 3.8) is 0 Å². The molecule has 18 heterocycles. The molecule has 0 aliphatic carbocycles. The summed E-state index contributed by atoms with van der Waals surface area (Å²) in [6.07, 6.45) is 47.9. The number of aromatic nitrogens is 24. The van der Waals surface area contributed by atoms with Crippen LogP contribution in [0, 0.1) is 5.92 Å². The molecule has 0 bridgehead atoms. The molecule has 0 atom stereocenters. The first-order valence-electron chi connectivity index (χ1n) is 45.1. The summed E-state index contributed by atoms with van der Waals surface area (Å²) in [7, 11) is 24.0. The molecule has 5 aromatic carbocycles. The van der Waals surface area contributed by atoms with Crippen molar-refractivity contribution < 1.29 is 4.42 Å². The number of H-pyrrole nitrogens is 1. The number of imidazole rings is 6. The van der Waals surface area contributed by atoms with E-state index in [2.05, 4.69) is 254 Å². The Balaban J connectivity index is 0.000000112. The van der Waals surface area contributed by atoms with Gasteiger partial charge in [-0.2, -0.15) is 38.0 Å². The molecule has 0 radical (unpaired) electrons. The van der Waals surface area contributed by atoms with E-state index in [0.717, 1.165) is 171 Å². The predicted molar refractivity (Wildman–Crippen MR) is 568 cm³/mol. The number of rotatable bonds is 24. The summed E-state index contributed by atoms with van der Waals surface area (Å²) in [5, 5.41) is 43.8. The zero-order valence-electron chi connectivity index (χ0n) is 80.1. The van der Waals surface area contributed by atoms with E-state index in [4.69, 9.17) is 4.42 Å². The second-order valence-electron chi connectivity index (χ2n) is 34.1. The first-order chi connectivity index (χ1) is 68.6. The summed E-state index contributed by atoms with van der Waals surface area (Å²) in [5.74, 6) is 5.01. The van der Waals surface area contributed by atoms with E-state index in [0.29, 0.717) is 23.4 Å². The van der Waals surface area contributed by atoms with Crippen LogP contribution in [-0.2, 0) is 14.1 Å². The number of thiophene rings is 2. The van der Waals surface area contributed by atoms with E-state index in [1.807, 2.05) is 274 Å². The van der Waals surface area contributed by atoms with Crippen LogP contribution in [0.25, 0.3) is 101 Å². The molecule has 23 aromatic rings. The lowest BCUT2D eigenvalue weighted by Crippen LogP contribution is -2.10. The van der Waals surface area contributed by atoms with Crippen LogP contribution >= 0.6 is 22.7 Å². The van der Waals surface area contributed by atoms with Crippen molar-refractivity contribution in [2.24, 2.45) is 20.0 Å². The van der Waals surface area contributed by atoms with E-state index in [1.165, 1.54) is 11.1 Å². The van der Waals surface area contributed by atoms with Crippen LogP contribution in [0.2, 0.25) is 0 Å². The average molecular weight is 1910 g/mol. The van der Waals surface area contributed by atoms with Crippen LogP contribution < -0.4 is 56.4 Å². The number of benzene rings is 5. The molecule has 7 N–H and O–H groups in total. The minimum atomic E-state index is 0.560. The van der Waals surface area contributed by atoms with Gasteiger partial charge in [-0.3, -0.25) is 40.9 Å². The molecule has 0 saturated heterocycles. The monoisotopic (exact) mass is 1910 g/mol. The Labute approximate surface area is 820 Å². The number of fused-ring (bicyclic) bond motifs is 6. The van der Waals surface area contributed by atoms with Crippen LogP contribution in [0.3, 0.4) is 0 Å². The number of hydrogen-bond acceptors (Lipinski definition) is 29. The Hall–Kier alpha value is -18.1. The van der Waals surface area contributed by atoms with Gasteiger partial charge in [-0.05, 0) is 126 Å². The molecule has 0 spiro atoms. The fourth-order valence-electron chi connectivity index (χ4n) is 15.4. The maximum atomic E-state index is 5.17. The number of aromatic amines is 1. The largest absolute Gasteiger partial charge is 0.472 e. The SMILES string of the molecule is CC(C)CNc1nccn2c(-c3cnn(C)c3)cnc12.CN(C)c1cccc(Nc2nccn3c(-c4ccoc4)cnc23)c1.CN(C)c1cccc(Nc2nccn3c(-c4ccsc4)cnc23)c1.CN(C)c1cccc(Nc2nccn3c(-c4ccsc4)cnc23)c1.CN(C)c1cccc(Nc2nccn3c(-c4cn[nH]c4)cnc23)c1.CN(C)c1cccc(Nc2nccn3c(-c4cnn(C)c4)cnc23)c1. The van der Waals surface area contributed by atoms with Crippen LogP contribution in [0.5, 0.6) is 0 Å². The predicted octanol–water partition coefficient (Wildman–Crippen LogP) is 20.4. The van der Waals surface area contributed by atoms with E-state index < -0.39 is 0 Å². The number of nitrogens with one attached hydrogen (secondary N) is 7. The normalized spacial score (nSPS) is 11.0. The number of aryl methyl sites for hydroxylation is 2. The van der Waals surface area contributed by atoms with Crippen molar-refractivity contribution >= 4 is 148 Å². The van der Waals surface area contributed by atoms with Crippen LogP contribution in [0.4, 0.5) is 91.8 Å². The van der Waals surface area contributed by atoms with Crippen molar-refractivity contribution in [2.75, 3.05) is 133 Å². The Morgan fingerprint density at radius 1 is 0.326 bits per heavy atom. The highest BCUT2D eigenvalue weighted by Crippen LogP contribution is 2.36. The lowest BCUT2D eigenvalue weighted by molar-refractivity contribution is 0.568. The van der Waals surface area contributed by atoms with Crippen molar-refractivity contribution in [1.82, 2.24) is 116 Å². The zero-order valence-corrected chi connectivity index (χ0v) is 81.8. The molecule has 36 nitrogen and oxygen atoms in total. The molecule has 0 amide bonds. The van der Waals surface area contributed by atoms with Gasteiger partial charge in [0.25, 0.3) is 0 Å². The molecule has 0 unspecified atom stereocenters. The fourth-order valence-corrected chi connectivity index (χ4v) is 16.7. The Morgan fingerprint density at radius 2 is 0.617 bits per heavy atom. The number of anilines is 16. The second kappa shape index (κ2) is 42.5. The van der Waals surface area contributed by atoms with Crippen LogP contribution in [0.15, 0.2) is 327 Å². The van der Waals surface area contributed by atoms with E-state index in [-0.39, 0.29) is 0 Å². The maximum absolute atomic E-state index is 5.17. The molecular weight excluding hydrogens is 1810 g/mol. The highest BCUT2D eigenvalue weighted by atomic mass is 32.1. The number of hydrogen-bond donors (Lipinski definition) is 7. The molecule has 710 valence electrons. The second-order valence-corrected chi connectivity index (χ2v) is 35.7. The van der Waals surface area contributed by atoms with Crippen LogP contribution in [-0.4, -0.2) is 193 Å². The summed E-state index contributed by atoms with van der Waals surface area (Å²) in [4.78, 5) is 64.2. The van der Waals surface area contributed by atoms with Gasteiger partial charge in [-0.25, -0.2) is 59.8 Å². The van der Waals surface area contributed by atoms with E-state index >= 15 is 0 Å². The van der Waals surface area contributed by atoms with Gasteiger partial charge in [0.05, 0.1) is 102 Å². The molecule has 0 aliphatic rings. The molecule has 0 saturated carbocycles. The molecule has 141 heavy (non-hydrogen) atoms. The Morgan fingerprint density at radius 3 is 0.872 bits per heavy atom. The molecule has 23 rings (SSSR count). The molecule has 0 fully saturated rings. The van der Waals surface area contributed by atoms with Gasteiger partial charge >= 0.3 is 0 Å². The summed E-state index contributed by atoms with van der Waals surface area (Å²) < 4.78 is 20.9. The minimum Gasteiger partial charge on any atom is -0.472 e. The highest BCUT2D eigenvalue weighted by molar-refractivity contribution is 7.08. The first kappa shape index (κ1) is 93.3. The lowest BCUT2D eigenvalue weighted by Gasteiger charge is -2.14. The highest BCUT2D eigenvalue weighted by Gasteiger charge is 2.20. The van der Waals surface area contributed by atoms with Gasteiger partial charge in [0.1, 0.15) is 0 Å². The summed E-state index contributed by atoms with van der Waals surface area (Å²) in [5.41, 5.74) is 27.7. The summed E-state index contributed by atoms with van der Waals surface area (Å²) >= 11 is 3.36. The quantitative estimate of drug-likeness (QED) is 0.0295. The van der Waals surface area contributed by atoms with E-state index in [9.17, 15) is 0 Å². The smallest absolute Gasteiger partial charge is 0.180 e. The van der Waals surface area contributed by atoms with E-state index in [1.54, 1.807) is 87.9 Å². The Kier molecular flexibility index (Phi) is 28.1. The lowest BCUT2D eigenvalue weighted by atomic mass is 10.2. The third-order valence-corrected chi connectivity index (χ3v) is 24.0. The van der Waals surface area contributed by atoms with Gasteiger partial charge in [-0.15, -0.1) is 0 Å². The Bertz CT molecular complexity index is 7430. The molecule has 18 aromatic heterocycles. The third-order valence-electron chi connectivity index (χ3n) is 22.6. The third kappa shape index (κ3) is 21.6. The van der Waals surface area contributed by atoms with Gasteiger partial charge in [0, 0.05) is 285 Å². The van der Waals surface area contributed by atoms with Gasteiger partial charge in [-0.1, -0.05) is 44.2 Å². The van der Waals surface area contributed by atoms with Crippen molar-refractivity contribution in [2.45, 2.75) is 13.8 Å².